The SMILES string of the molecule is CC(C)(C)[Si](OC(CCCCCCCC/C=C\CCCCOC=O)CCCCCCCC/C=C\CCCCOOC=O)(c1ccccc1)c1ccccc1. The minimum Gasteiger partial charge on any atom is -0.468 e. The Kier molecular flexibility index (Phi) is 27.3. The molecule has 0 saturated heterocycles. The van der Waals surface area contributed by atoms with Crippen molar-refractivity contribution >= 4 is 31.6 Å². The summed E-state index contributed by atoms with van der Waals surface area (Å²) in [6.07, 6.45) is 35.4. The van der Waals surface area contributed by atoms with Crippen molar-refractivity contribution in [3.63, 3.8) is 0 Å². The maximum atomic E-state index is 10.2. The lowest BCUT2D eigenvalue weighted by atomic mass is 10.0. The van der Waals surface area contributed by atoms with Crippen molar-refractivity contribution in [1.29, 1.82) is 0 Å². The van der Waals surface area contributed by atoms with E-state index in [1.54, 1.807) is 0 Å². The number of hydrogen-bond acceptors (Lipinski definition) is 6. The van der Waals surface area contributed by atoms with Gasteiger partial charge in [0.15, 0.2) is 0 Å². The van der Waals surface area contributed by atoms with Crippen LogP contribution in [0.25, 0.3) is 0 Å². The van der Waals surface area contributed by atoms with Crippen molar-refractivity contribution in [3.05, 3.63) is 85.0 Å². The van der Waals surface area contributed by atoms with E-state index in [1.165, 1.54) is 87.4 Å². The maximum Gasteiger partial charge on any atom is 0.330 e. The molecule has 0 saturated carbocycles. The fourth-order valence-electron chi connectivity index (χ4n) is 7.35. The molecule has 54 heavy (non-hydrogen) atoms. The van der Waals surface area contributed by atoms with Crippen LogP contribution in [0.4, 0.5) is 0 Å². The Morgan fingerprint density at radius 2 is 0.926 bits per heavy atom. The van der Waals surface area contributed by atoms with Gasteiger partial charge in [-0.15, -0.1) is 0 Å². The van der Waals surface area contributed by atoms with Crippen LogP contribution >= 0.6 is 0 Å². The van der Waals surface area contributed by atoms with Crippen LogP contribution in [-0.2, 0) is 28.5 Å². The van der Waals surface area contributed by atoms with Crippen LogP contribution in [0.1, 0.15) is 162 Å². The standard InChI is InChI=1S/C47H74O6Si/c1-47(2,3)54(45-36-28-24-29-37-45,46-38-30-25-31-39-46)53-44(34-26-20-16-12-8-4-6-10-14-18-22-32-40-50-42-48)35-27-21-17-13-9-5-7-11-15-19-23-33-41-51-52-43-49/h10-11,14-15,24-25,28-31,36-39,42-44H,4-9,12-13,16-23,26-27,32-35,40-41H2,1-3H3/b14-10-,15-11-. The van der Waals surface area contributed by atoms with Crippen molar-refractivity contribution in [2.75, 3.05) is 13.2 Å². The Balaban J connectivity index is 1.86. The van der Waals surface area contributed by atoms with Crippen molar-refractivity contribution < 1.29 is 28.5 Å². The first-order valence-corrected chi connectivity index (χ1v) is 23.2. The Morgan fingerprint density at radius 3 is 1.35 bits per heavy atom. The molecule has 0 amide bonds. The Bertz CT molecular complexity index is 1190. The van der Waals surface area contributed by atoms with Crippen molar-refractivity contribution in [2.24, 2.45) is 0 Å². The summed E-state index contributed by atoms with van der Waals surface area (Å²) in [4.78, 5) is 29.3. The van der Waals surface area contributed by atoms with Gasteiger partial charge in [-0.25, -0.2) is 0 Å². The first-order valence-electron chi connectivity index (χ1n) is 21.3. The highest BCUT2D eigenvalue weighted by atomic mass is 28.4. The molecule has 2 aromatic carbocycles. The van der Waals surface area contributed by atoms with Crippen molar-refractivity contribution in [2.45, 2.75) is 173 Å². The number of carbonyl (C=O) groups excluding carboxylic acids is 2. The van der Waals surface area contributed by atoms with E-state index in [0.29, 0.717) is 26.2 Å². The lowest BCUT2D eigenvalue weighted by Crippen LogP contribution is -2.67. The summed E-state index contributed by atoms with van der Waals surface area (Å²) < 4.78 is 12.4. The lowest BCUT2D eigenvalue weighted by molar-refractivity contribution is -0.259. The van der Waals surface area contributed by atoms with Gasteiger partial charge >= 0.3 is 6.47 Å². The van der Waals surface area contributed by atoms with E-state index in [9.17, 15) is 9.59 Å². The molecule has 0 radical (unpaired) electrons. The number of hydrogen-bond donors (Lipinski definition) is 0. The van der Waals surface area contributed by atoms with Crippen molar-refractivity contribution in [3.8, 4) is 0 Å². The molecular formula is C47H74O6Si. The van der Waals surface area contributed by atoms with Crippen LogP contribution in [0.2, 0.25) is 5.04 Å². The normalized spacial score (nSPS) is 12.7. The van der Waals surface area contributed by atoms with E-state index in [4.69, 9.17) is 14.1 Å². The van der Waals surface area contributed by atoms with Crippen LogP contribution in [0, 0.1) is 0 Å². The molecule has 0 aliphatic heterocycles. The molecule has 0 N–H and O–H groups in total. The van der Waals surface area contributed by atoms with E-state index >= 15 is 0 Å². The summed E-state index contributed by atoms with van der Waals surface area (Å²) >= 11 is 0. The summed E-state index contributed by atoms with van der Waals surface area (Å²) in [6.45, 7) is 9.04. The second-order valence-electron chi connectivity index (χ2n) is 15.7. The first kappa shape index (κ1) is 47.1. The average Bonchev–Trinajstić information content (AvgIpc) is 3.18. The highest BCUT2D eigenvalue weighted by molar-refractivity contribution is 6.99. The monoisotopic (exact) mass is 763 g/mol. The predicted octanol–water partition coefficient (Wildman–Crippen LogP) is 11.9. The minimum absolute atomic E-state index is 0.0118. The molecule has 2 rings (SSSR count). The number of benzene rings is 2. The second kappa shape index (κ2) is 31.2. The van der Waals surface area contributed by atoms with E-state index < -0.39 is 8.32 Å². The average molecular weight is 763 g/mol. The first-order chi connectivity index (χ1) is 26.5. The molecule has 1 atom stereocenters. The number of unbranched alkanes of at least 4 members (excludes halogenated alkanes) is 16. The molecule has 0 aliphatic carbocycles. The second-order valence-corrected chi connectivity index (χ2v) is 20.0. The number of allylic oxidation sites excluding steroid dienone is 4. The van der Waals surface area contributed by atoms with Crippen LogP contribution in [-0.4, -0.2) is 40.6 Å². The Labute approximate surface area is 330 Å². The Hall–Kier alpha value is -3.00. The topological polar surface area (TPSA) is 71.1 Å². The van der Waals surface area contributed by atoms with Crippen LogP contribution in [0.5, 0.6) is 0 Å². The molecule has 6 nitrogen and oxygen atoms in total. The predicted molar refractivity (Wildman–Crippen MR) is 227 cm³/mol. The molecule has 1 unspecified atom stereocenters. The zero-order valence-electron chi connectivity index (χ0n) is 34.2. The fraction of sp³-hybridized carbons (Fsp3) is 0.617. The van der Waals surface area contributed by atoms with Gasteiger partial charge in [-0.2, -0.15) is 4.89 Å². The fourth-order valence-corrected chi connectivity index (χ4v) is 12.1. The van der Waals surface area contributed by atoms with Gasteiger partial charge in [0.2, 0.25) is 0 Å². The van der Waals surface area contributed by atoms with Gasteiger partial charge in [0.05, 0.1) is 13.2 Å². The van der Waals surface area contributed by atoms with Gasteiger partial charge in [-0.05, 0) is 92.5 Å². The molecule has 0 spiro atoms. The van der Waals surface area contributed by atoms with E-state index in [-0.39, 0.29) is 11.1 Å². The summed E-state index contributed by atoms with van der Waals surface area (Å²) in [5.41, 5.74) is 0. The molecule has 0 heterocycles. The molecule has 302 valence electrons. The highest BCUT2D eigenvalue weighted by Crippen LogP contribution is 2.38. The lowest BCUT2D eigenvalue weighted by Gasteiger charge is -2.45. The molecule has 7 heteroatoms. The third kappa shape index (κ3) is 20.6. The van der Waals surface area contributed by atoms with Gasteiger partial charge in [0.25, 0.3) is 14.8 Å². The summed E-state index contributed by atoms with van der Waals surface area (Å²) in [7, 11) is -2.59. The molecule has 0 fully saturated rings. The number of ether oxygens (including phenoxy) is 1. The number of carbonyl (C=O) groups is 2. The quantitative estimate of drug-likeness (QED) is 0.0174. The summed E-state index contributed by atoms with van der Waals surface area (Å²) in [5, 5.41) is 2.74. The third-order valence-electron chi connectivity index (χ3n) is 10.3. The van der Waals surface area contributed by atoms with Gasteiger partial charge in [0.1, 0.15) is 0 Å². The molecule has 0 aromatic heterocycles. The molecular weight excluding hydrogens is 689 g/mol. The van der Waals surface area contributed by atoms with Gasteiger partial charge in [-0.1, -0.05) is 170 Å². The summed E-state index contributed by atoms with van der Waals surface area (Å²) in [5.74, 6) is 0. The zero-order chi connectivity index (χ0) is 38.8. The van der Waals surface area contributed by atoms with E-state index in [1.807, 2.05) is 0 Å². The smallest absolute Gasteiger partial charge is 0.330 e. The largest absolute Gasteiger partial charge is 0.468 e. The van der Waals surface area contributed by atoms with E-state index in [0.717, 1.165) is 64.2 Å². The zero-order valence-corrected chi connectivity index (χ0v) is 35.2. The van der Waals surface area contributed by atoms with Crippen LogP contribution < -0.4 is 10.4 Å². The molecule has 0 aliphatic rings. The van der Waals surface area contributed by atoms with Crippen LogP contribution in [0.3, 0.4) is 0 Å². The van der Waals surface area contributed by atoms with Crippen LogP contribution in [0.15, 0.2) is 85.0 Å². The van der Waals surface area contributed by atoms with E-state index in [2.05, 4.69) is 111 Å². The number of rotatable bonds is 35. The van der Waals surface area contributed by atoms with Gasteiger partial charge in [0, 0.05) is 6.10 Å². The maximum absolute atomic E-state index is 10.2. The highest BCUT2D eigenvalue weighted by Gasteiger charge is 2.51. The third-order valence-corrected chi connectivity index (χ3v) is 15.4. The molecule has 2 aromatic rings. The van der Waals surface area contributed by atoms with Crippen molar-refractivity contribution in [1.82, 2.24) is 0 Å². The Morgan fingerprint density at radius 1 is 0.519 bits per heavy atom. The van der Waals surface area contributed by atoms with Gasteiger partial charge < -0.3 is 14.1 Å². The summed E-state index contributed by atoms with van der Waals surface area (Å²) in [6, 6.07) is 22.3. The van der Waals surface area contributed by atoms with Gasteiger partial charge in [-0.3, -0.25) is 9.59 Å². The molecule has 0 bridgehead atoms. The minimum atomic E-state index is -2.59.